The molecule has 19 heavy (non-hydrogen) atoms. The van der Waals surface area contributed by atoms with Gasteiger partial charge in [0.05, 0.1) is 11.4 Å². The van der Waals surface area contributed by atoms with Gasteiger partial charge in [0.2, 0.25) is 10.0 Å². The van der Waals surface area contributed by atoms with E-state index in [9.17, 15) is 13.2 Å². The summed E-state index contributed by atoms with van der Waals surface area (Å²) < 4.78 is 32.0. The van der Waals surface area contributed by atoms with E-state index in [4.69, 9.17) is 9.84 Å². The first-order valence-electron chi connectivity index (χ1n) is 6.58. The molecule has 0 aliphatic carbocycles. The second-order valence-electron chi connectivity index (χ2n) is 5.51. The molecule has 1 rings (SSSR count). The second kappa shape index (κ2) is 6.67. The Bertz CT molecular complexity index is 406. The molecule has 112 valence electrons. The van der Waals surface area contributed by atoms with Crippen LogP contribution in [0.25, 0.3) is 0 Å². The summed E-state index contributed by atoms with van der Waals surface area (Å²) in [5, 5.41) is 8.52. The molecule has 0 radical (unpaired) electrons. The van der Waals surface area contributed by atoms with Gasteiger partial charge in [-0.05, 0) is 32.1 Å². The normalized spacial score (nSPS) is 26.3. The highest BCUT2D eigenvalue weighted by Gasteiger charge is 2.34. The summed E-state index contributed by atoms with van der Waals surface area (Å²) in [6, 6.07) is -1.05. The van der Waals surface area contributed by atoms with Gasteiger partial charge in [0.25, 0.3) is 0 Å². The molecule has 0 saturated carbocycles. The van der Waals surface area contributed by atoms with Gasteiger partial charge >= 0.3 is 5.97 Å². The van der Waals surface area contributed by atoms with Gasteiger partial charge in [-0.2, -0.15) is 0 Å². The maximum absolute atomic E-state index is 12.2. The van der Waals surface area contributed by atoms with Crippen LogP contribution < -0.4 is 4.72 Å². The molecule has 0 spiro atoms. The average Bonchev–Trinajstić information content (AvgIpc) is 2.27. The van der Waals surface area contributed by atoms with Crippen LogP contribution in [0.3, 0.4) is 0 Å². The molecule has 0 aromatic heterocycles. The zero-order valence-electron chi connectivity index (χ0n) is 11.6. The van der Waals surface area contributed by atoms with Gasteiger partial charge in [0, 0.05) is 6.61 Å². The van der Waals surface area contributed by atoms with E-state index in [1.807, 2.05) is 20.8 Å². The fraction of sp³-hybridized carbons (Fsp3) is 0.917. The fourth-order valence-electron chi connectivity index (χ4n) is 2.20. The van der Waals surface area contributed by atoms with Crippen LogP contribution in [0.5, 0.6) is 0 Å². The van der Waals surface area contributed by atoms with Crippen LogP contribution in [-0.2, 0) is 19.6 Å². The molecule has 1 saturated heterocycles. The number of carbonyl (C=O) groups is 1. The minimum atomic E-state index is -3.62. The monoisotopic (exact) mass is 293 g/mol. The average molecular weight is 293 g/mol. The molecule has 7 heteroatoms. The molecule has 2 unspecified atom stereocenters. The molecule has 1 fully saturated rings. The first-order valence-corrected chi connectivity index (χ1v) is 8.12. The van der Waals surface area contributed by atoms with Gasteiger partial charge in [-0.3, -0.25) is 4.79 Å². The highest BCUT2D eigenvalue weighted by Crippen LogP contribution is 2.20. The number of ether oxygens (including phenoxy) is 1. The molecule has 1 heterocycles. The second-order valence-corrected chi connectivity index (χ2v) is 7.50. The highest BCUT2D eigenvalue weighted by molar-refractivity contribution is 7.90. The number of aliphatic carboxylic acids is 1. The third-order valence-corrected chi connectivity index (χ3v) is 5.11. The van der Waals surface area contributed by atoms with Crippen LogP contribution in [0.1, 0.15) is 40.0 Å². The minimum absolute atomic E-state index is 0.108. The Kier molecular flexibility index (Phi) is 5.76. The van der Waals surface area contributed by atoms with Crippen LogP contribution in [0.4, 0.5) is 0 Å². The van der Waals surface area contributed by atoms with Crippen molar-refractivity contribution < 1.29 is 23.1 Å². The summed E-state index contributed by atoms with van der Waals surface area (Å²) in [4.78, 5) is 11.1. The minimum Gasteiger partial charge on any atom is -0.480 e. The van der Waals surface area contributed by atoms with E-state index in [-0.39, 0.29) is 18.4 Å². The van der Waals surface area contributed by atoms with Crippen LogP contribution in [-0.4, -0.2) is 43.5 Å². The van der Waals surface area contributed by atoms with Crippen molar-refractivity contribution >= 4 is 16.0 Å². The molecule has 0 aromatic carbocycles. The first-order chi connectivity index (χ1) is 8.72. The Balaban J connectivity index is 2.73. The zero-order chi connectivity index (χ0) is 14.6. The molecule has 2 N–H and O–H groups in total. The number of rotatable bonds is 6. The predicted octanol–water partition coefficient (Wildman–Crippen LogP) is 0.973. The number of nitrogens with one attached hydrogen (secondary N) is 1. The Hall–Kier alpha value is -0.660. The van der Waals surface area contributed by atoms with Crippen molar-refractivity contribution in [3.05, 3.63) is 0 Å². The molecule has 0 aromatic rings. The standard InChI is InChI=1S/C12H23NO5S/c1-8(2)6-11(12(14)15)13-19(16,17)10-4-5-18-9(3)7-10/h8-11,13H,4-7H2,1-3H3,(H,14,15)/t9?,10?,11-/m0/s1. The largest absolute Gasteiger partial charge is 0.480 e. The van der Waals surface area contributed by atoms with E-state index < -0.39 is 27.3 Å². The van der Waals surface area contributed by atoms with Crippen molar-refractivity contribution in [2.75, 3.05) is 6.61 Å². The summed E-state index contributed by atoms with van der Waals surface area (Å²) in [5.74, 6) is -1.02. The lowest BCUT2D eigenvalue weighted by molar-refractivity contribution is -0.139. The van der Waals surface area contributed by atoms with Crippen molar-refractivity contribution in [3.8, 4) is 0 Å². The van der Waals surface area contributed by atoms with E-state index in [2.05, 4.69) is 4.72 Å². The Morgan fingerprint density at radius 3 is 2.58 bits per heavy atom. The Labute approximate surface area is 114 Å². The lowest BCUT2D eigenvalue weighted by Gasteiger charge is -2.28. The highest BCUT2D eigenvalue weighted by atomic mass is 32.2. The van der Waals surface area contributed by atoms with Crippen molar-refractivity contribution in [3.63, 3.8) is 0 Å². The van der Waals surface area contributed by atoms with E-state index in [1.165, 1.54) is 0 Å². The number of hydrogen-bond acceptors (Lipinski definition) is 4. The molecule has 6 nitrogen and oxygen atoms in total. The topological polar surface area (TPSA) is 92.7 Å². The predicted molar refractivity (Wildman–Crippen MR) is 71.4 cm³/mol. The van der Waals surface area contributed by atoms with Gasteiger partial charge in [-0.15, -0.1) is 0 Å². The SMILES string of the molecule is CC(C)C[C@H](NS(=O)(=O)C1CCOC(C)C1)C(=O)O. The van der Waals surface area contributed by atoms with Crippen molar-refractivity contribution in [1.29, 1.82) is 0 Å². The maximum atomic E-state index is 12.2. The maximum Gasteiger partial charge on any atom is 0.321 e. The quantitative estimate of drug-likeness (QED) is 0.761. The van der Waals surface area contributed by atoms with E-state index in [0.29, 0.717) is 19.4 Å². The van der Waals surface area contributed by atoms with Gasteiger partial charge in [-0.25, -0.2) is 13.1 Å². The summed E-state index contributed by atoms with van der Waals surface area (Å²) >= 11 is 0. The van der Waals surface area contributed by atoms with Gasteiger partial charge in [-0.1, -0.05) is 13.8 Å². The molecule has 0 amide bonds. The van der Waals surface area contributed by atoms with Gasteiger partial charge in [0.15, 0.2) is 0 Å². The summed E-state index contributed by atoms with van der Waals surface area (Å²) in [7, 11) is -3.62. The van der Waals surface area contributed by atoms with Crippen LogP contribution in [0, 0.1) is 5.92 Å². The molecule has 1 aliphatic heterocycles. The Morgan fingerprint density at radius 1 is 1.47 bits per heavy atom. The number of sulfonamides is 1. The first kappa shape index (κ1) is 16.4. The summed E-state index contributed by atoms with van der Waals surface area (Å²) in [5.41, 5.74) is 0. The van der Waals surface area contributed by atoms with E-state index in [1.54, 1.807) is 0 Å². The molecule has 3 atom stereocenters. The lowest BCUT2D eigenvalue weighted by atomic mass is 10.1. The molecular formula is C12H23NO5S. The third-order valence-electron chi connectivity index (χ3n) is 3.19. The molecule has 0 bridgehead atoms. The molecular weight excluding hydrogens is 270 g/mol. The molecule has 1 aliphatic rings. The fourth-order valence-corrected chi connectivity index (χ4v) is 3.92. The number of hydrogen-bond donors (Lipinski definition) is 2. The van der Waals surface area contributed by atoms with Crippen LogP contribution >= 0.6 is 0 Å². The number of carboxylic acids is 1. The van der Waals surface area contributed by atoms with Crippen molar-refractivity contribution in [2.24, 2.45) is 5.92 Å². The van der Waals surface area contributed by atoms with E-state index >= 15 is 0 Å². The van der Waals surface area contributed by atoms with Gasteiger partial charge in [0.1, 0.15) is 6.04 Å². The summed E-state index contributed by atoms with van der Waals surface area (Å²) in [6.45, 7) is 5.95. The van der Waals surface area contributed by atoms with Crippen molar-refractivity contribution in [1.82, 2.24) is 4.72 Å². The van der Waals surface area contributed by atoms with Crippen LogP contribution in [0.15, 0.2) is 0 Å². The zero-order valence-corrected chi connectivity index (χ0v) is 12.4. The lowest BCUT2D eigenvalue weighted by Crippen LogP contribution is -2.47. The summed E-state index contributed by atoms with van der Waals surface area (Å²) in [6.07, 6.45) is 0.994. The van der Waals surface area contributed by atoms with Gasteiger partial charge < -0.3 is 9.84 Å². The van der Waals surface area contributed by atoms with Crippen LogP contribution in [0.2, 0.25) is 0 Å². The third kappa shape index (κ3) is 5.08. The number of carboxylic acid groups (broad SMARTS) is 1. The Morgan fingerprint density at radius 2 is 2.11 bits per heavy atom. The van der Waals surface area contributed by atoms with E-state index in [0.717, 1.165) is 0 Å². The smallest absolute Gasteiger partial charge is 0.321 e. The van der Waals surface area contributed by atoms with Crippen molar-refractivity contribution in [2.45, 2.75) is 57.4 Å².